The number of amides is 2. The number of non-ortho nitro benzene ring substituents is 1. The number of rotatable bonds is 6. The van der Waals surface area contributed by atoms with Crippen LogP contribution >= 0.6 is 11.6 Å². The van der Waals surface area contributed by atoms with Gasteiger partial charge in [-0.2, -0.15) is 0 Å². The topological polar surface area (TPSA) is 92.6 Å². The van der Waals surface area contributed by atoms with Crippen molar-refractivity contribution in [3.05, 3.63) is 74.8 Å². The normalized spacial score (nSPS) is 16.4. The van der Waals surface area contributed by atoms with Gasteiger partial charge in [-0.1, -0.05) is 41.9 Å². The van der Waals surface area contributed by atoms with Crippen molar-refractivity contribution in [1.82, 2.24) is 10.2 Å². The van der Waals surface area contributed by atoms with E-state index in [1.54, 1.807) is 4.90 Å². The van der Waals surface area contributed by atoms with E-state index in [1.807, 2.05) is 30.3 Å². The van der Waals surface area contributed by atoms with E-state index in [0.29, 0.717) is 26.1 Å². The van der Waals surface area contributed by atoms with Crippen molar-refractivity contribution in [2.75, 3.05) is 13.1 Å². The zero-order valence-electron chi connectivity index (χ0n) is 14.4. The fourth-order valence-corrected chi connectivity index (χ4v) is 3.28. The highest BCUT2D eigenvalue weighted by Gasteiger charge is 2.30. The number of nitrogens with zero attached hydrogens (tertiary/aromatic N) is 2. The van der Waals surface area contributed by atoms with Crippen molar-refractivity contribution >= 4 is 29.1 Å². The van der Waals surface area contributed by atoms with E-state index in [4.69, 9.17) is 11.6 Å². The quantitative estimate of drug-likeness (QED) is 0.609. The van der Waals surface area contributed by atoms with Gasteiger partial charge in [0.05, 0.1) is 15.5 Å². The van der Waals surface area contributed by atoms with Crippen molar-refractivity contribution in [2.24, 2.45) is 5.92 Å². The largest absolute Gasteiger partial charge is 0.352 e. The van der Waals surface area contributed by atoms with Crippen LogP contribution in [0.15, 0.2) is 48.5 Å². The summed E-state index contributed by atoms with van der Waals surface area (Å²) in [5, 5.41) is 13.7. The lowest BCUT2D eigenvalue weighted by atomic mass is 10.1. The van der Waals surface area contributed by atoms with E-state index < -0.39 is 10.8 Å². The number of carbonyl (C=O) groups excluding carboxylic acids is 2. The Hall–Kier alpha value is -2.93. The lowest BCUT2D eigenvalue weighted by Crippen LogP contribution is -2.31. The molecule has 1 atom stereocenters. The van der Waals surface area contributed by atoms with Gasteiger partial charge >= 0.3 is 0 Å². The molecule has 1 heterocycles. The molecule has 0 aromatic heterocycles. The second-order valence-electron chi connectivity index (χ2n) is 6.46. The average Bonchev–Trinajstić information content (AvgIpc) is 3.00. The summed E-state index contributed by atoms with van der Waals surface area (Å²) in [6.07, 6.45) is 0.357. The molecular weight excluding hydrogens is 370 g/mol. The van der Waals surface area contributed by atoms with Crippen LogP contribution in [0.3, 0.4) is 0 Å². The van der Waals surface area contributed by atoms with Gasteiger partial charge < -0.3 is 10.2 Å². The number of benzene rings is 2. The molecule has 0 spiro atoms. The van der Waals surface area contributed by atoms with Crippen LogP contribution in [0.1, 0.15) is 22.3 Å². The second kappa shape index (κ2) is 8.18. The number of halogens is 1. The Morgan fingerprint density at radius 2 is 2.00 bits per heavy atom. The molecule has 1 aliphatic rings. The summed E-state index contributed by atoms with van der Waals surface area (Å²) in [4.78, 5) is 36.6. The van der Waals surface area contributed by atoms with E-state index in [1.165, 1.54) is 12.1 Å². The zero-order chi connectivity index (χ0) is 19.4. The molecule has 0 saturated carbocycles. The Labute approximate surface area is 161 Å². The van der Waals surface area contributed by atoms with Gasteiger partial charge in [0.25, 0.3) is 11.6 Å². The maximum absolute atomic E-state index is 12.3. The molecule has 3 rings (SSSR count). The maximum atomic E-state index is 12.3. The third-order valence-corrected chi connectivity index (χ3v) is 4.80. The van der Waals surface area contributed by atoms with Crippen LogP contribution in [-0.2, 0) is 11.3 Å². The molecule has 0 aliphatic carbocycles. The Kier molecular flexibility index (Phi) is 5.71. The summed E-state index contributed by atoms with van der Waals surface area (Å²) in [5.41, 5.74) is 0.907. The number of nitro benzene ring substituents is 1. The fourth-order valence-electron chi connectivity index (χ4n) is 3.08. The van der Waals surface area contributed by atoms with Gasteiger partial charge in [-0.25, -0.2) is 0 Å². The predicted octanol–water partition coefficient (Wildman–Crippen LogP) is 3.03. The highest BCUT2D eigenvalue weighted by atomic mass is 35.5. The Balaban J connectivity index is 1.57. The van der Waals surface area contributed by atoms with E-state index in [2.05, 4.69) is 5.32 Å². The molecule has 0 bridgehead atoms. The second-order valence-corrected chi connectivity index (χ2v) is 6.87. The molecule has 1 saturated heterocycles. The highest BCUT2D eigenvalue weighted by molar-refractivity contribution is 6.33. The monoisotopic (exact) mass is 387 g/mol. The minimum atomic E-state index is -0.579. The molecule has 2 aromatic carbocycles. The van der Waals surface area contributed by atoms with Gasteiger partial charge in [-0.15, -0.1) is 0 Å². The Bertz CT molecular complexity index is 873. The average molecular weight is 388 g/mol. The zero-order valence-corrected chi connectivity index (χ0v) is 15.2. The van der Waals surface area contributed by atoms with Gasteiger partial charge in [0.2, 0.25) is 5.91 Å². The molecule has 1 aliphatic heterocycles. The lowest BCUT2D eigenvalue weighted by Gasteiger charge is -2.17. The van der Waals surface area contributed by atoms with E-state index >= 15 is 0 Å². The van der Waals surface area contributed by atoms with Crippen LogP contribution in [0.2, 0.25) is 5.02 Å². The van der Waals surface area contributed by atoms with Crippen LogP contribution in [0.5, 0.6) is 0 Å². The molecule has 2 amide bonds. The molecule has 1 unspecified atom stereocenters. The Morgan fingerprint density at radius 3 is 2.70 bits per heavy atom. The number of likely N-dealkylation sites (tertiary alicyclic amines) is 1. The summed E-state index contributed by atoms with van der Waals surface area (Å²) < 4.78 is 0. The number of nitro groups is 1. The maximum Gasteiger partial charge on any atom is 0.270 e. The Morgan fingerprint density at radius 1 is 1.26 bits per heavy atom. The standard InChI is InChI=1S/C19H18ClN3O4/c20-17-7-6-15(23(26)27)9-16(17)19(25)21-10-14-8-18(24)22(12-14)11-13-4-2-1-3-5-13/h1-7,9,14H,8,10-12H2,(H,21,25). The summed E-state index contributed by atoms with van der Waals surface area (Å²) in [6, 6.07) is 13.4. The first-order valence-electron chi connectivity index (χ1n) is 8.48. The molecular formula is C19H18ClN3O4. The van der Waals surface area contributed by atoms with Crippen LogP contribution in [0.25, 0.3) is 0 Å². The van der Waals surface area contributed by atoms with Crippen molar-refractivity contribution in [2.45, 2.75) is 13.0 Å². The smallest absolute Gasteiger partial charge is 0.270 e. The van der Waals surface area contributed by atoms with Gasteiger partial charge in [-0.3, -0.25) is 19.7 Å². The van der Waals surface area contributed by atoms with Crippen molar-refractivity contribution in [1.29, 1.82) is 0 Å². The van der Waals surface area contributed by atoms with Crippen LogP contribution < -0.4 is 5.32 Å². The third kappa shape index (κ3) is 4.62. The molecule has 140 valence electrons. The first-order valence-corrected chi connectivity index (χ1v) is 8.85. The summed E-state index contributed by atoms with van der Waals surface area (Å²) in [6.45, 7) is 1.40. The van der Waals surface area contributed by atoms with Gasteiger partial charge in [0.1, 0.15) is 0 Å². The fraction of sp³-hybridized carbons (Fsp3) is 0.263. The lowest BCUT2D eigenvalue weighted by molar-refractivity contribution is -0.384. The van der Waals surface area contributed by atoms with Crippen molar-refractivity contribution in [3.63, 3.8) is 0 Å². The van der Waals surface area contributed by atoms with Gasteiger partial charge in [0, 0.05) is 44.1 Å². The first-order chi connectivity index (χ1) is 12.9. The third-order valence-electron chi connectivity index (χ3n) is 4.47. The predicted molar refractivity (Wildman–Crippen MR) is 100 cm³/mol. The molecule has 7 nitrogen and oxygen atoms in total. The first kappa shape index (κ1) is 18.8. The minimum absolute atomic E-state index is 0.0114. The van der Waals surface area contributed by atoms with Gasteiger partial charge in [-0.05, 0) is 11.6 Å². The molecule has 27 heavy (non-hydrogen) atoms. The number of nitrogens with one attached hydrogen (secondary N) is 1. The molecule has 0 radical (unpaired) electrons. The molecule has 1 N–H and O–H groups in total. The summed E-state index contributed by atoms with van der Waals surface area (Å²) >= 11 is 5.98. The SMILES string of the molecule is O=C(NCC1CC(=O)N(Cc2ccccc2)C1)c1cc([N+](=O)[O-])ccc1Cl. The number of hydrogen-bond acceptors (Lipinski definition) is 4. The van der Waals surface area contributed by atoms with E-state index in [0.717, 1.165) is 11.6 Å². The van der Waals surface area contributed by atoms with Crippen LogP contribution in [0.4, 0.5) is 5.69 Å². The van der Waals surface area contributed by atoms with Gasteiger partial charge in [0.15, 0.2) is 0 Å². The van der Waals surface area contributed by atoms with Crippen molar-refractivity contribution < 1.29 is 14.5 Å². The molecule has 2 aromatic rings. The summed E-state index contributed by atoms with van der Waals surface area (Å²) in [7, 11) is 0. The van der Waals surface area contributed by atoms with E-state index in [-0.39, 0.29) is 28.1 Å². The van der Waals surface area contributed by atoms with Crippen molar-refractivity contribution in [3.8, 4) is 0 Å². The number of carbonyl (C=O) groups is 2. The van der Waals surface area contributed by atoms with Crippen LogP contribution in [0, 0.1) is 16.0 Å². The highest BCUT2D eigenvalue weighted by Crippen LogP contribution is 2.23. The van der Waals surface area contributed by atoms with Crippen LogP contribution in [-0.4, -0.2) is 34.7 Å². The number of hydrogen-bond donors (Lipinski definition) is 1. The molecule has 1 fully saturated rings. The molecule has 8 heteroatoms. The minimum Gasteiger partial charge on any atom is -0.352 e. The van der Waals surface area contributed by atoms with E-state index in [9.17, 15) is 19.7 Å². The summed E-state index contributed by atoms with van der Waals surface area (Å²) in [5.74, 6) is -0.452.